The maximum absolute atomic E-state index is 2.60. The van der Waals surface area contributed by atoms with Crippen LogP contribution < -0.4 is 0 Å². The van der Waals surface area contributed by atoms with Gasteiger partial charge in [-0.05, 0) is 126 Å². The second kappa shape index (κ2) is 7.63. The first kappa shape index (κ1) is 22.4. The van der Waals surface area contributed by atoms with Crippen molar-refractivity contribution in [3.05, 3.63) is 128 Å². The van der Waals surface area contributed by atoms with Crippen molar-refractivity contribution >= 4 is 21.9 Å². The molecule has 0 amide bonds. The van der Waals surface area contributed by atoms with Crippen LogP contribution in [-0.2, 0) is 12.8 Å². The van der Waals surface area contributed by atoms with E-state index < -0.39 is 0 Å². The molecule has 0 aliphatic heterocycles. The Labute approximate surface area is 232 Å². The van der Waals surface area contributed by atoms with E-state index in [-0.39, 0.29) is 0 Å². The fourth-order valence-corrected chi connectivity index (χ4v) is 10.1. The van der Waals surface area contributed by atoms with Crippen molar-refractivity contribution in [1.82, 2.24) is 0 Å². The highest BCUT2D eigenvalue weighted by Gasteiger charge is 2.57. The Bertz CT molecular complexity index is 1640. The highest BCUT2D eigenvalue weighted by atomic mass is 14.6. The van der Waals surface area contributed by atoms with Crippen LogP contribution in [0.2, 0.25) is 0 Å². The fraction of sp³-hybridized carbons (Fsp3) is 0.333. The van der Waals surface area contributed by atoms with E-state index >= 15 is 0 Å². The smallest absolute Gasteiger partial charge is 0.0136 e. The molecule has 2 bridgehead atoms. The van der Waals surface area contributed by atoms with Crippen molar-refractivity contribution in [3.63, 3.8) is 0 Å². The van der Waals surface area contributed by atoms with Gasteiger partial charge >= 0.3 is 0 Å². The van der Waals surface area contributed by atoms with Gasteiger partial charge in [0.15, 0.2) is 0 Å². The van der Waals surface area contributed by atoms with E-state index in [4.69, 9.17) is 0 Å². The Morgan fingerprint density at radius 3 is 1.38 bits per heavy atom. The summed E-state index contributed by atoms with van der Waals surface area (Å²) in [5, 5.41) is 3.17. The Hall–Kier alpha value is -3.38. The molecule has 0 saturated heterocycles. The third kappa shape index (κ3) is 2.90. The van der Waals surface area contributed by atoms with Gasteiger partial charge in [0.25, 0.3) is 0 Å². The lowest BCUT2D eigenvalue weighted by Gasteiger charge is -2.46. The van der Waals surface area contributed by atoms with Crippen LogP contribution in [0.15, 0.2) is 72.8 Å². The molecule has 0 aromatic heterocycles. The molecule has 192 valence electrons. The normalized spacial score (nSPS) is 29.0. The maximum Gasteiger partial charge on any atom is 0.0136 e. The highest BCUT2D eigenvalue weighted by Crippen LogP contribution is 2.70. The van der Waals surface area contributed by atoms with E-state index in [1.165, 1.54) is 41.5 Å². The number of aryl methyl sites for hydroxylation is 6. The third-order valence-corrected chi connectivity index (χ3v) is 11.0. The standard InChI is InChI=1S/C39H36/c1-20-13-21(2)16-28(15-20)35-33-26-7-8-27(19-26)34(33)36(29-17-22(3)14-23(4)18-29)39-31-12-10-25-6-5-24-9-11-30(38(35)39)37(31)32(24)25/h7-18,26-27,33-36H,5-6,19H2,1-4H3/t26-,27+,33+,34-,35-,36+. The molecule has 0 heterocycles. The minimum atomic E-state index is 0.455. The van der Waals surface area contributed by atoms with E-state index in [0.717, 1.165) is 0 Å². The van der Waals surface area contributed by atoms with Gasteiger partial charge < -0.3 is 0 Å². The largest absolute Gasteiger partial charge is 0.0848 e. The lowest BCUT2D eigenvalue weighted by molar-refractivity contribution is 0.260. The van der Waals surface area contributed by atoms with Crippen LogP contribution in [0.5, 0.6) is 0 Å². The van der Waals surface area contributed by atoms with Gasteiger partial charge in [0, 0.05) is 11.8 Å². The monoisotopic (exact) mass is 504 g/mol. The molecule has 39 heavy (non-hydrogen) atoms. The summed E-state index contributed by atoms with van der Waals surface area (Å²) >= 11 is 0. The Kier molecular flexibility index (Phi) is 4.39. The predicted octanol–water partition coefficient (Wildman–Crippen LogP) is 9.42. The van der Waals surface area contributed by atoms with Crippen molar-refractivity contribution in [1.29, 1.82) is 0 Å². The molecule has 0 nitrogen and oxygen atoms in total. The topological polar surface area (TPSA) is 0 Å². The summed E-state index contributed by atoms with van der Waals surface area (Å²) in [6.45, 7) is 9.15. The Morgan fingerprint density at radius 1 is 0.513 bits per heavy atom. The van der Waals surface area contributed by atoms with E-state index in [1.54, 1.807) is 55.3 Å². The number of allylic oxidation sites excluding steroid dienone is 4. The van der Waals surface area contributed by atoms with Gasteiger partial charge in [0.05, 0.1) is 0 Å². The van der Waals surface area contributed by atoms with Crippen molar-refractivity contribution in [2.24, 2.45) is 23.7 Å². The minimum Gasteiger partial charge on any atom is -0.0848 e. The quantitative estimate of drug-likeness (QED) is 0.239. The average molecular weight is 505 g/mol. The van der Waals surface area contributed by atoms with Gasteiger partial charge in [0.2, 0.25) is 0 Å². The molecule has 1 fully saturated rings. The molecule has 0 radical (unpaired) electrons. The van der Waals surface area contributed by atoms with Crippen molar-refractivity contribution in [2.75, 3.05) is 0 Å². The first-order valence-electron chi connectivity index (χ1n) is 15.1. The van der Waals surface area contributed by atoms with Gasteiger partial charge in [-0.25, -0.2) is 0 Å². The summed E-state index contributed by atoms with van der Waals surface area (Å²) in [6.07, 6.45) is 8.91. The molecule has 4 aromatic rings. The molecule has 9 rings (SSSR count). The molecule has 0 heteroatoms. The van der Waals surface area contributed by atoms with Gasteiger partial charge in [-0.3, -0.25) is 0 Å². The molecule has 5 aliphatic carbocycles. The Balaban J connectivity index is 1.41. The molecule has 4 aromatic carbocycles. The zero-order valence-electron chi connectivity index (χ0n) is 23.5. The van der Waals surface area contributed by atoms with Gasteiger partial charge in [0.1, 0.15) is 0 Å². The van der Waals surface area contributed by atoms with Gasteiger partial charge in [-0.15, -0.1) is 0 Å². The van der Waals surface area contributed by atoms with Crippen LogP contribution >= 0.6 is 0 Å². The maximum atomic E-state index is 2.60. The van der Waals surface area contributed by atoms with Crippen LogP contribution in [0.1, 0.15) is 73.9 Å². The first-order chi connectivity index (χ1) is 19.0. The van der Waals surface area contributed by atoms with Crippen LogP contribution in [0, 0.1) is 51.4 Å². The molecule has 0 spiro atoms. The molecule has 0 unspecified atom stereocenters. The number of benzene rings is 4. The van der Waals surface area contributed by atoms with E-state index in [9.17, 15) is 0 Å². The van der Waals surface area contributed by atoms with Crippen LogP contribution in [0.25, 0.3) is 21.9 Å². The number of rotatable bonds is 2. The van der Waals surface area contributed by atoms with Crippen molar-refractivity contribution in [2.45, 2.75) is 58.8 Å². The fourth-order valence-electron chi connectivity index (χ4n) is 10.1. The van der Waals surface area contributed by atoms with Crippen LogP contribution in [0.4, 0.5) is 0 Å². The molecule has 1 saturated carbocycles. The van der Waals surface area contributed by atoms with Crippen molar-refractivity contribution < 1.29 is 0 Å². The molecule has 5 aliphatic rings. The summed E-state index contributed by atoms with van der Waals surface area (Å²) in [7, 11) is 0. The number of fused-ring (bicyclic) bond motifs is 7. The Morgan fingerprint density at radius 2 is 0.949 bits per heavy atom. The minimum absolute atomic E-state index is 0.455. The summed E-state index contributed by atoms with van der Waals surface area (Å²) in [5.74, 6) is 3.57. The summed E-state index contributed by atoms with van der Waals surface area (Å²) in [5.41, 5.74) is 18.3. The third-order valence-electron chi connectivity index (χ3n) is 11.0. The zero-order valence-corrected chi connectivity index (χ0v) is 23.5. The SMILES string of the molecule is Cc1cc(C)cc([C@H]2C3=C(c4ccc5c6c(ccc3c46)CC5)[C@@H](c3cc(C)cc(C)c3)[C@H]3[C@@H]2[C@@H]2C=C[C@H]3C2)c1. The lowest BCUT2D eigenvalue weighted by atomic mass is 9.57. The molecule has 6 atom stereocenters. The van der Waals surface area contributed by atoms with Gasteiger partial charge in [-0.1, -0.05) is 95.1 Å². The predicted molar refractivity (Wildman–Crippen MR) is 163 cm³/mol. The van der Waals surface area contributed by atoms with E-state index in [1.807, 2.05) is 0 Å². The van der Waals surface area contributed by atoms with E-state index in [0.29, 0.717) is 35.5 Å². The highest BCUT2D eigenvalue weighted by molar-refractivity contribution is 6.18. The second-order valence-corrected chi connectivity index (χ2v) is 13.5. The van der Waals surface area contributed by atoms with Crippen LogP contribution in [0.3, 0.4) is 0 Å². The molecule has 0 N–H and O–H groups in total. The van der Waals surface area contributed by atoms with Gasteiger partial charge in [-0.2, -0.15) is 0 Å². The lowest BCUT2D eigenvalue weighted by Crippen LogP contribution is -2.35. The van der Waals surface area contributed by atoms with Crippen LogP contribution in [-0.4, -0.2) is 0 Å². The molecular formula is C39H36. The number of hydrogen-bond acceptors (Lipinski definition) is 0. The zero-order chi connectivity index (χ0) is 26.2. The summed E-state index contributed by atoms with van der Waals surface area (Å²) in [4.78, 5) is 0. The average Bonchev–Trinajstić information content (AvgIpc) is 3.67. The summed E-state index contributed by atoms with van der Waals surface area (Å²) < 4.78 is 0. The summed E-state index contributed by atoms with van der Waals surface area (Å²) in [6, 6.07) is 24.8. The number of hydrogen-bond donors (Lipinski definition) is 0. The first-order valence-corrected chi connectivity index (χ1v) is 15.1. The van der Waals surface area contributed by atoms with Crippen molar-refractivity contribution in [3.8, 4) is 0 Å². The second-order valence-electron chi connectivity index (χ2n) is 13.5. The van der Waals surface area contributed by atoms with E-state index in [2.05, 4.69) is 101 Å². The molecular weight excluding hydrogens is 468 g/mol.